The van der Waals surface area contributed by atoms with E-state index >= 15 is 0 Å². The zero-order valence-corrected chi connectivity index (χ0v) is 11.6. The van der Waals surface area contributed by atoms with E-state index < -0.39 is 0 Å². The SMILES string of the molecule is CCCCCCCCCCCB(C)C(C)=O. The average molecular weight is 224 g/mol. The third-order valence-electron chi connectivity index (χ3n) is 3.43. The second-order valence-corrected chi connectivity index (χ2v) is 5.13. The summed E-state index contributed by atoms with van der Waals surface area (Å²) >= 11 is 0. The van der Waals surface area contributed by atoms with Crippen molar-refractivity contribution < 1.29 is 4.79 Å². The smallest absolute Gasteiger partial charge is 0.219 e. The van der Waals surface area contributed by atoms with Crippen LogP contribution in [0, 0.1) is 0 Å². The molecule has 0 radical (unpaired) electrons. The molecule has 1 nitrogen and oxygen atoms in total. The first kappa shape index (κ1) is 15.7. The standard InChI is InChI=1S/C14H29BO/c1-4-5-6-7-8-9-10-11-12-13-15(3)14(2)16/h4-13H2,1-3H3. The zero-order chi connectivity index (χ0) is 12.2. The molecule has 0 atom stereocenters. The van der Waals surface area contributed by atoms with Crippen LogP contribution in [0.15, 0.2) is 0 Å². The van der Waals surface area contributed by atoms with E-state index in [0.29, 0.717) is 5.68 Å². The molecule has 0 saturated carbocycles. The van der Waals surface area contributed by atoms with Crippen molar-refractivity contribution in [2.24, 2.45) is 0 Å². The minimum absolute atomic E-state index is 0.282. The van der Waals surface area contributed by atoms with E-state index in [0.717, 1.165) is 6.32 Å². The topological polar surface area (TPSA) is 17.1 Å². The summed E-state index contributed by atoms with van der Waals surface area (Å²) in [6.07, 6.45) is 13.3. The van der Waals surface area contributed by atoms with Crippen LogP contribution < -0.4 is 0 Å². The lowest BCUT2D eigenvalue weighted by Crippen LogP contribution is -2.17. The van der Waals surface area contributed by atoms with Crippen LogP contribution >= 0.6 is 0 Å². The van der Waals surface area contributed by atoms with Gasteiger partial charge in [-0.15, -0.1) is 0 Å². The van der Waals surface area contributed by atoms with E-state index in [1.807, 2.05) is 6.82 Å². The minimum atomic E-state index is 0.282. The molecule has 0 aliphatic carbocycles. The Labute approximate surface area is 102 Å². The highest BCUT2D eigenvalue weighted by atomic mass is 16.1. The normalized spacial score (nSPS) is 10.4. The molecule has 0 rings (SSSR count). The largest absolute Gasteiger partial charge is 0.311 e. The quantitative estimate of drug-likeness (QED) is 0.365. The molecular formula is C14H29BO. The van der Waals surface area contributed by atoms with E-state index in [1.54, 1.807) is 6.92 Å². The highest BCUT2D eigenvalue weighted by Crippen LogP contribution is 2.11. The van der Waals surface area contributed by atoms with Crippen LogP contribution in [0.4, 0.5) is 0 Å². The van der Waals surface area contributed by atoms with Gasteiger partial charge in [-0.3, -0.25) is 0 Å². The minimum Gasteiger partial charge on any atom is -0.311 e. The van der Waals surface area contributed by atoms with Gasteiger partial charge in [0, 0.05) is 0 Å². The zero-order valence-electron chi connectivity index (χ0n) is 11.6. The van der Waals surface area contributed by atoms with Gasteiger partial charge in [0.25, 0.3) is 0 Å². The molecule has 0 saturated heterocycles. The van der Waals surface area contributed by atoms with Gasteiger partial charge in [-0.1, -0.05) is 77.9 Å². The van der Waals surface area contributed by atoms with Gasteiger partial charge < -0.3 is 4.79 Å². The van der Waals surface area contributed by atoms with Gasteiger partial charge in [0.2, 0.25) is 6.71 Å². The molecule has 0 amide bonds. The molecule has 0 unspecified atom stereocenters. The molecule has 0 aromatic rings. The summed E-state index contributed by atoms with van der Waals surface area (Å²) in [5, 5.41) is 0. The molecule has 94 valence electrons. The molecule has 0 fully saturated rings. The molecule has 2 heteroatoms. The molecule has 0 spiro atoms. The summed E-state index contributed by atoms with van der Waals surface area (Å²) in [7, 11) is 0. The van der Waals surface area contributed by atoms with Crippen molar-refractivity contribution in [3.05, 3.63) is 0 Å². The number of hydrogen-bond acceptors (Lipinski definition) is 1. The number of rotatable bonds is 11. The monoisotopic (exact) mass is 224 g/mol. The molecule has 0 N–H and O–H groups in total. The van der Waals surface area contributed by atoms with E-state index in [4.69, 9.17) is 0 Å². The predicted octanol–water partition coefficient (Wildman–Crippen LogP) is 4.77. The Bertz CT molecular complexity index is 168. The first-order valence-corrected chi connectivity index (χ1v) is 7.19. The second kappa shape index (κ2) is 11.2. The first-order chi connectivity index (χ1) is 7.68. The summed E-state index contributed by atoms with van der Waals surface area (Å²) in [4.78, 5) is 11.0. The van der Waals surface area contributed by atoms with Crippen molar-refractivity contribution in [2.75, 3.05) is 0 Å². The number of carbonyl (C=O) groups is 1. The maximum atomic E-state index is 11.0. The fourth-order valence-electron chi connectivity index (χ4n) is 1.96. The van der Waals surface area contributed by atoms with Crippen molar-refractivity contribution in [3.8, 4) is 0 Å². The average Bonchev–Trinajstić information content (AvgIpc) is 2.26. The summed E-state index contributed by atoms with van der Waals surface area (Å²) in [5.74, 6) is 0. The van der Waals surface area contributed by atoms with Gasteiger partial charge in [0.15, 0.2) is 0 Å². The molecular weight excluding hydrogens is 195 g/mol. The maximum absolute atomic E-state index is 11.0. The van der Waals surface area contributed by atoms with Crippen molar-refractivity contribution in [1.29, 1.82) is 0 Å². The third-order valence-corrected chi connectivity index (χ3v) is 3.43. The van der Waals surface area contributed by atoms with Gasteiger partial charge >= 0.3 is 0 Å². The van der Waals surface area contributed by atoms with Crippen LogP contribution in [0.3, 0.4) is 0 Å². The Morgan fingerprint density at radius 3 is 1.75 bits per heavy atom. The van der Waals surface area contributed by atoms with E-state index in [9.17, 15) is 4.79 Å². The molecule has 0 aromatic carbocycles. The molecule has 0 aliphatic heterocycles. The van der Waals surface area contributed by atoms with Crippen molar-refractivity contribution in [1.82, 2.24) is 0 Å². The summed E-state index contributed by atoms with van der Waals surface area (Å²) in [5.41, 5.74) is 0.347. The van der Waals surface area contributed by atoms with Gasteiger partial charge in [-0.05, 0) is 6.92 Å². The lowest BCUT2D eigenvalue weighted by Gasteiger charge is -2.04. The van der Waals surface area contributed by atoms with E-state index in [2.05, 4.69) is 6.92 Å². The Morgan fingerprint density at radius 2 is 1.31 bits per heavy atom. The van der Waals surface area contributed by atoms with Crippen molar-refractivity contribution in [3.63, 3.8) is 0 Å². The summed E-state index contributed by atoms with van der Waals surface area (Å²) in [6.45, 7) is 6.30. The lowest BCUT2D eigenvalue weighted by atomic mass is 9.46. The Balaban J connectivity index is 3.07. The Hall–Kier alpha value is -0.265. The highest BCUT2D eigenvalue weighted by molar-refractivity contribution is 6.88. The molecule has 0 bridgehead atoms. The van der Waals surface area contributed by atoms with Crippen LogP contribution in [0.5, 0.6) is 0 Å². The maximum Gasteiger partial charge on any atom is 0.219 e. The fourth-order valence-corrected chi connectivity index (χ4v) is 1.96. The van der Waals surface area contributed by atoms with Gasteiger partial charge in [0.05, 0.1) is 5.68 Å². The molecule has 16 heavy (non-hydrogen) atoms. The van der Waals surface area contributed by atoms with Crippen LogP contribution in [0.1, 0.15) is 71.6 Å². The molecule has 0 aliphatic rings. The number of unbranched alkanes of at least 4 members (excludes halogenated alkanes) is 8. The predicted molar refractivity (Wildman–Crippen MR) is 74.3 cm³/mol. The Kier molecular flexibility index (Phi) is 11.0. The van der Waals surface area contributed by atoms with Crippen LogP contribution in [0.25, 0.3) is 0 Å². The Morgan fingerprint density at radius 1 is 0.875 bits per heavy atom. The van der Waals surface area contributed by atoms with E-state index in [1.165, 1.54) is 57.8 Å². The van der Waals surface area contributed by atoms with Crippen molar-refractivity contribution in [2.45, 2.75) is 84.8 Å². The van der Waals surface area contributed by atoms with Crippen molar-refractivity contribution >= 4 is 12.4 Å². The second-order valence-electron chi connectivity index (χ2n) is 5.13. The van der Waals surface area contributed by atoms with Crippen LogP contribution in [0.2, 0.25) is 13.1 Å². The molecule has 0 heterocycles. The fraction of sp³-hybridized carbons (Fsp3) is 0.929. The number of carbonyl (C=O) groups excluding carboxylic acids is 1. The summed E-state index contributed by atoms with van der Waals surface area (Å²) in [6, 6.07) is 0. The van der Waals surface area contributed by atoms with Gasteiger partial charge in [-0.2, -0.15) is 0 Å². The van der Waals surface area contributed by atoms with Gasteiger partial charge in [-0.25, -0.2) is 0 Å². The highest BCUT2D eigenvalue weighted by Gasteiger charge is 2.11. The van der Waals surface area contributed by atoms with Gasteiger partial charge in [0.1, 0.15) is 0 Å². The van der Waals surface area contributed by atoms with Crippen LogP contribution in [-0.2, 0) is 4.79 Å². The lowest BCUT2D eigenvalue weighted by molar-refractivity contribution is -0.110. The third kappa shape index (κ3) is 10.3. The van der Waals surface area contributed by atoms with E-state index in [-0.39, 0.29) is 6.71 Å². The van der Waals surface area contributed by atoms with Crippen LogP contribution in [-0.4, -0.2) is 12.4 Å². The summed E-state index contributed by atoms with van der Waals surface area (Å²) < 4.78 is 0. The number of hydrogen-bond donors (Lipinski definition) is 0. The molecule has 0 aromatic heterocycles. The first-order valence-electron chi connectivity index (χ1n) is 7.19.